The molecule has 0 aliphatic carbocycles. The minimum Gasteiger partial charge on any atom is -0.496 e. The fourth-order valence-electron chi connectivity index (χ4n) is 1.73. The maximum Gasteiger partial charge on any atom is 0.123 e. The summed E-state index contributed by atoms with van der Waals surface area (Å²) in [7, 11) is 3.37. The van der Waals surface area contributed by atoms with Crippen molar-refractivity contribution in [3.63, 3.8) is 0 Å². The fraction of sp³-hybridized carbons (Fsp3) is 0.571. The lowest BCUT2D eigenvalue weighted by Gasteiger charge is -2.16. The Hall–Kier alpha value is -0.810. The van der Waals surface area contributed by atoms with Crippen LogP contribution in [0.2, 0.25) is 5.02 Å². The van der Waals surface area contributed by atoms with Gasteiger partial charge in [-0.2, -0.15) is 0 Å². The third-order valence-electron chi connectivity index (χ3n) is 2.82. The molecule has 0 fully saturated rings. The summed E-state index contributed by atoms with van der Waals surface area (Å²) in [6, 6.07) is 6.01. The lowest BCUT2D eigenvalue weighted by atomic mass is 10.2. The van der Waals surface area contributed by atoms with Crippen molar-refractivity contribution < 1.29 is 9.47 Å². The first-order valence-electron chi connectivity index (χ1n) is 6.42. The van der Waals surface area contributed by atoms with E-state index in [2.05, 4.69) is 17.6 Å². The van der Waals surface area contributed by atoms with E-state index in [1.54, 1.807) is 14.2 Å². The lowest BCUT2D eigenvalue weighted by molar-refractivity contribution is 0.198. The first-order chi connectivity index (χ1) is 9.17. The van der Waals surface area contributed by atoms with Crippen LogP contribution in [0.3, 0.4) is 0 Å². The van der Waals surface area contributed by atoms with Crippen LogP contribution in [-0.4, -0.2) is 40.0 Å². The van der Waals surface area contributed by atoms with Crippen molar-refractivity contribution >= 4 is 11.6 Å². The number of methoxy groups -OCH3 is 2. The largest absolute Gasteiger partial charge is 0.496 e. The van der Waals surface area contributed by atoms with Crippen molar-refractivity contribution in [3.8, 4) is 5.75 Å². The zero-order valence-electron chi connectivity index (χ0n) is 11.8. The number of rotatable bonds is 9. The molecule has 1 rings (SSSR count). The van der Waals surface area contributed by atoms with Crippen LogP contribution in [-0.2, 0) is 11.3 Å². The van der Waals surface area contributed by atoms with Crippen molar-refractivity contribution in [2.75, 3.05) is 33.9 Å². The summed E-state index contributed by atoms with van der Waals surface area (Å²) < 4.78 is 10.3. The van der Waals surface area contributed by atoms with Crippen molar-refractivity contribution in [2.45, 2.75) is 19.5 Å². The van der Waals surface area contributed by atoms with Gasteiger partial charge >= 0.3 is 0 Å². The molecular formula is C14H23ClN2O2. The fourth-order valence-corrected chi connectivity index (χ4v) is 1.93. The van der Waals surface area contributed by atoms with Crippen LogP contribution in [0, 0.1) is 0 Å². The standard InChI is InChI=1S/C14H23ClN2O2/c1-11(9-16-6-7-18-2)17-10-12-8-13(15)4-5-14(12)19-3/h4-5,8,11,16-17H,6-7,9-10H2,1-3H3. The maximum absolute atomic E-state index is 6.00. The molecule has 108 valence electrons. The molecule has 0 radical (unpaired) electrons. The van der Waals surface area contributed by atoms with Crippen molar-refractivity contribution in [1.29, 1.82) is 0 Å². The Kier molecular flexibility index (Phi) is 7.82. The first kappa shape index (κ1) is 16.2. The highest BCUT2D eigenvalue weighted by atomic mass is 35.5. The van der Waals surface area contributed by atoms with Crippen LogP contribution >= 0.6 is 11.6 Å². The molecule has 1 unspecified atom stereocenters. The summed E-state index contributed by atoms with van der Waals surface area (Å²) in [6.07, 6.45) is 0. The summed E-state index contributed by atoms with van der Waals surface area (Å²) in [4.78, 5) is 0. The Balaban J connectivity index is 2.36. The van der Waals surface area contributed by atoms with Crippen LogP contribution in [0.15, 0.2) is 18.2 Å². The van der Waals surface area contributed by atoms with Gasteiger partial charge in [0.1, 0.15) is 5.75 Å². The van der Waals surface area contributed by atoms with E-state index in [-0.39, 0.29) is 0 Å². The molecule has 1 atom stereocenters. The zero-order valence-corrected chi connectivity index (χ0v) is 12.6. The molecule has 0 heterocycles. The van der Waals surface area contributed by atoms with Gasteiger partial charge < -0.3 is 20.1 Å². The van der Waals surface area contributed by atoms with Gasteiger partial charge in [-0.3, -0.25) is 0 Å². The monoisotopic (exact) mass is 286 g/mol. The molecule has 0 aliphatic heterocycles. The van der Waals surface area contributed by atoms with Gasteiger partial charge in [0, 0.05) is 43.4 Å². The smallest absolute Gasteiger partial charge is 0.123 e. The molecule has 1 aromatic rings. The molecule has 4 nitrogen and oxygen atoms in total. The Morgan fingerprint density at radius 2 is 2.11 bits per heavy atom. The molecule has 1 aromatic carbocycles. The second-order valence-corrected chi connectivity index (χ2v) is 4.87. The second kappa shape index (κ2) is 9.15. The average Bonchev–Trinajstić information content (AvgIpc) is 2.41. The molecule has 19 heavy (non-hydrogen) atoms. The number of ether oxygens (including phenoxy) is 2. The molecule has 0 bridgehead atoms. The van der Waals surface area contributed by atoms with Crippen LogP contribution in [0.4, 0.5) is 0 Å². The van der Waals surface area contributed by atoms with Crippen molar-refractivity contribution in [1.82, 2.24) is 10.6 Å². The molecule has 0 spiro atoms. The van der Waals surface area contributed by atoms with E-state index in [9.17, 15) is 0 Å². The Morgan fingerprint density at radius 3 is 2.79 bits per heavy atom. The molecular weight excluding hydrogens is 264 g/mol. The molecule has 2 N–H and O–H groups in total. The van der Waals surface area contributed by atoms with Gasteiger partial charge in [-0.25, -0.2) is 0 Å². The van der Waals surface area contributed by atoms with Gasteiger partial charge in [-0.15, -0.1) is 0 Å². The minimum atomic E-state index is 0.362. The molecule has 0 aliphatic rings. The topological polar surface area (TPSA) is 42.5 Å². The third-order valence-corrected chi connectivity index (χ3v) is 3.05. The summed E-state index contributed by atoms with van der Waals surface area (Å²) in [6.45, 7) is 5.36. The van der Waals surface area contributed by atoms with E-state index >= 15 is 0 Å². The van der Waals surface area contributed by atoms with Crippen molar-refractivity contribution in [2.24, 2.45) is 0 Å². The Labute approximate surface area is 120 Å². The van der Waals surface area contributed by atoms with E-state index in [4.69, 9.17) is 21.1 Å². The van der Waals surface area contributed by atoms with Crippen molar-refractivity contribution in [3.05, 3.63) is 28.8 Å². The van der Waals surface area contributed by atoms with Gasteiger partial charge in [0.2, 0.25) is 0 Å². The predicted octanol–water partition coefficient (Wildman–Crippen LogP) is 2.06. The highest BCUT2D eigenvalue weighted by Gasteiger charge is 2.06. The zero-order chi connectivity index (χ0) is 14.1. The molecule has 0 amide bonds. The van der Waals surface area contributed by atoms with Gasteiger partial charge in [0.25, 0.3) is 0 Å². The highest BCUT2D eigenvalue weighted by Crippen LogP contribution is 2.22. The van der Waals surface area contributed by atoms with Crippen LogP contribution < -0.4 is 15.4 Å². The molecule has 5 heteroatoms. The van der Waals surface area contributed by atoms with E-state index < -0.39 is 0 Å². The van der Waals surface area contributed by atoms with Crippen LogP contribution in [0.25, 0.3) is 0 Å². The quantitative estimate of drug-likeness (QED) is 0.682. The third kappa shape index (κ3) is 6.25. The van der Waals surface area contributed by atoms with E-state index in [0.717, 1.165) is 42.6 Å². The Morgan fingerprint density at radius 1 is 1.32 bits per heavy atom. The predicted molar refractivity (Wildman–Crippen MR) is 79.1 cm³/mol. The average molecular weight is 287 g/mol. The van der Waals surface area contributed by atoms with Crippen LogP contribution in [0.1, 0.15) is 12.5 Å². The van der Waals surface area contributed by atoms with Gasteiger partial charge in [-0.05, 0) is 25.1 Å². The normalized spacial score (nSPS) is 12.4. The van der Waals surface area contributed by atoms with E-state index in [1.807, 2.05) is 18.2 Å². The number of hydrogen-bond acceptors (Lipinski definition) is 4. The number of hydrogen-bond donors (Lipinski definition) is 2. The Bertz CT molecular complexity index is 374. The summed E-state index contributed by atoms with van der Waals surface area (Å²) in [5.41, 5.74) is 1.07. The summed E-state index contributed by atoms with van der Waals surface area (Å²) >= 11 is 6.00. The molecule has 0 aromatic heterocycles. The number of nitrogens with one attached hydrogen (secondary N) is 2. The van der Waals surface area contributed by atoms with E-state index in [1.165, 1.54) is 0 Å². The molecule has 0 saturated carbocycles. The SMILES string of the molecule is COCCNCC(C)NCc1cc(Cl)ccc1OC. The maximum atomic E-state index is 6.00. The van der Waals surface area contributed by atoms with Gasteiger partial charge in [0.05, 0.1) is 13.7 Å². The van der Waals surface area contributed by atoms with Crippen LogP contribution in [0.5, 0.6) is 5.75 Å². The van der Waals surface area contributed by atoms with Gasteiger partial charge in [-0.1, -0.05) is 11.6 Å². The number of halogens is 1. The second-order valence-electron chi connectivity index (χ2n) is 4.44. The number of benzene rings is 1. The summed E-state index contributed by atoms with van der Waals surface area (Å²) in [5.74, 6) is 0.858. The summed E-state index contributed by atoms with van der Waals surface area (Å²) in [5, 5.41) is 7.48. The molecule has 0 saturated heterocycles. The first-order valence-corrected chi connectivity index (χ1v) is 6.80. The highest BCUT2D eigenvalue weighted by molar-refractivity contribution is 6.30. The lowest BCUT2D eigenvalue weighted by Crippen LogP contribution is -2.37. The minimum absolute atomic E-state index is 0.362. The van der Waals surface area contributed by atoms with Gasteiger partial charge in [0.15, 0.2) is 0 Å². The van der Waals surface area contributed by atoms with E-state index in [0.29, 0.717) is 6.04 Å².